The molecule has 3 aromatic rings. The first-order chi connectivity index (χ1) is 12.7. The molecule has 0 aliphatic carbocycles. The van der Waals surface area contributed by atoms with Crippen LogP contribution in [0.1, 0.15) is 24.1 Å². The summed E-state index contributed by atoms with van der Waals surface area (Å²) in [5.41, 5.74) is 3.71. The Balaban J connectivity index is 1.44. The summed E-state index contributed by atoms with van der Waals surface area (Å²) in [5.74, 6) is 0.704. The van der Waals surface area contributed by atoms with E-state index in [2.05, 4.69) is 20.7 Å². The molecule has 7 heteroatoms. The average Bonchev–Trinajstić information content (AvgIpc) is 3.29. The minimum absolute atomic E-state index is 0.0752. The van der Waals surface area contributed by atoms with E-state index < -0.39 is 0 Å². The Labute approximate surface area is 151 Å². The van der Waals surface area contributed by atoms with E-state index in [-0.39, 0.29) is 12.0 Å². The highest BCUT2D eigenvalue weighted by molar-refractivity contribution is 5.94. The Morgan fingerprint density at radius 2 is 2.31 bits per heavy atom. The predicted molar refractivity (Wildman–Crippen MR) is 99.1 cm³/mol. The van der Waals surface area contributed by atoms with Crippen molar-refractivity contribution in [3.8, 4) is 0 Å². The van der Waals surface area contributed by atoms with Gasteiger partial charge in [-0.3, -0.25) is 4.79 Å². The van der Waals surface area contributed by atoms with Gasteiger partial charge in [-0.15, -0.1) is 0 Å². The second kappa shape index (κ2) is 7.13. The standard InChI is InChI=1S/C19H21N5O2/c1-13-10-16-18(20-7-8-24(16)23-13)21-12-14-4-2-5-15(11-14)22-19(25)17-6-3-9-26-17/h2,4-5,7-8,10-11,17H,3,6,9,12H2,1H3,(H,20,21)(H,22,25). The number of amides is 1. The Morgan fingerprint density at radius 1 is 1.38 bits per heavy atom. The highest BCUT2D eigenvalue weighted by Gasteiger charge is 2.23. The maximum absolute atomic E-state index is 12.2. The predicted octanol–water partition coefficient (Wildman–Crippen LogP) is 2.77. The molecule has 0 saturated carbocycles. The van der Waals surface area contributed by atoms with Gasteiger partial charge in [-0.2, -0.15) is 5.10 Å². The Bertz CT molecular complexity index is 931. The number of nitrogens with one attached hydrogen (secondary N) is 2. The first kappa shape index (κ1) is 16.5. The number of rotatable bonds is 5. The number of ether oxygens (including phenoxy) is 1. The Morgan fingerprint density at radius 3 is 3.15 bits per heavy atom. The van der Waals surface area contributed by atoms with E-state index in [4.69, 9.17) is 4.74 Å². The summed E-state index contributed by atoms with van der Waals surface area (Å²) in [4.78, 5) is 16.6. The zero-order valence-electron chi connectivity index (χ0n) is 14.6. The molecule has 1 unspecified atom stereocenters. The van der Waals surface area contributed by atoms with Gasteiger partial charge in [0.1, 0.15) is 11.6 Å². The fraction of sp³-hybridized carbons (Fsp3) is 0.316. The summed E-state index contributed by atoms with van der Waals surface area (Å²) < 4.78 is 7.23. The fourth-order valence-corrected chi connectivity index (χ4v) is 3.13. The van der Waals surface area contributed by atoms with Gasteiger partial charge >= 0.3 is 0 Å². The largest absolute Gasteiger partial charge is 0.368 e. The zero-order valence-corrected chi connectivity index (χ0v) is 14.6. The van der Waals surface area contributed by atoms with Crippen molar-refractivity contribution in [3.05, 3.63) is 54.0 Å². The molecule has 2 N–H and O–H groups in total. The highest BCUT2D eigenvalue weighted by Crippen LogP contribution is 2.18. The molecule has 1 atom stereocenters. The van der Waals surface area contributed by atoms with Crippen molar-refractivity contribution in [1.82, 2.24) is 14.6 Å². The van der Waals surface area contributed by atoms with Crippen LogP contribution in [-0.4, -0.2) is 33.2 Å². The van der Waals surface area contributed by atoms with E-state index >= 15 is 0 Å². The van der Waals surface area contributed by atoms with Crippen LogP contribution in [0.2, 0.25) is 0 Å². The number of anilines is 2. The molecule has 0 bridgehead atoms. The summed E-state index contributed by atoms with van der Waals surface area (Å²) in [6.45, 7) is 3.21. The molecule has 0 radical (unpaired) electrons. The first-order valence-corrected chi connectivity index (χ1v) is 8.75. The maximum Gasteiger partial charge on any atom is 0.253 e. The second-order valence-electron chi connectivity index (χ2n) is 6.44. The lowest BCUT2D eigenvalue weighted by molar-refractivity contribution is -0.124. The zero-order chi connectivity index (χ0) is 17.9. The van der Waals surface area contributed by atoms with Crippen LogP contribution in [0.25, 0.3) is 5.52 Å². The maximum atomic E-state index is 12.2. The topological polar surface area (TPSA) is 80.5 Å². The van der Waals surface area contributed by atoms with E-state index in [1.54, 1.807) is 6.20 Å². The number of nitrogens with zero attached hydrogens (tertiary/aromatic N) is 3. The molecule has 0 spiro atoms. The van der Waals surface area contributed by atoms with Crippen molar-refractivity contribution in [2.45, 2.75) is 32.4 Å². The highest BCUT2D eigenvalue weighted by atomic mass is 16.5. The lowest BCUT2D eigenvalue weighted by Gasteiger charge is -2.12. The van der Waals surface area contributed by atoms with Crippen LogP contribution >= 0.6 is 0 Å². The number of carbonyl (C=O) groups excluding carboxylic acids is 1. The minimum atomic E-state index is -0.330. The molecular formula is C19H21N5O2. The molecule has 2 aromatic heterocycles. The van der Waals surface area contributed by atoms with Gasteiger partial charge < -0.3 is 15.4 Å². The summed E-state index contributed by atoms with van der Waals surface area (Å²) in [7, 11) is 0. The number of hydrogen-bond donors (Lipinski definition) is 2. The SMILES string of the molecule is Cc1cc2c(NCc3cccc(NC(=O)C4CCCO4)c3)nccn2n1. The van der Waals surface area contributed by atoms with Crippen molar-refractivity contribution >= 4 is 22.9 Å². The third kappa shape index (κ3) is 3.52. The van der Waals surface area contributed by atoms with Gasteiger partial charge in [0, 0.05) is 31.2 Å². The Hall–Kier alpha value is -2.93. The van der Waals surface area contributed by atoms with Crippen molar-refractivity contribution in [2.24, 2.45) is 0 Å². The number of fused-ring (bicyclic) bond motifs is 1. The summed E-state index contributed by atoms with van der Waals surface area (Å²) in [6.07, 6.45) is 4.94. The average molecular weight is 351 g/mol. The van der Waals surface area contributed by atoms with Crippen molar-refractivity contribution in [1.29, 1.82) is 0 Å². The van der Waals surface area contributed by atoms with E-state index in [9.17, 15) is 4.79 Å². The van der Waals surface area contributed by atoms with Gasteiger partial charge in [0.05, 0.1) is 5.69 Å². The molecule has 134 valence electrons. The van der Waals surface area contributed by atoms with Gasteiger partial charge in [-0.25, -0.2) is 9.50 Å². The summed E-state index contributed by atoms with van der Waals surface area (Å²) >= 11 is 0. The molecule has 1 saturated heterocycles. The summed E-state index contributed by atoms with van der Waals surface area (Å²) in [5, 5.41) is 10.7. The van der Waals surface area contributed by atoms with Crippen LogP contribution < -0.4 is 10.6 Å². The van der Waals surface area contributed by atoms with Crippen molar-refractivity contribution in [2.75, 3.05) is 17.2 Å². The molecule has 7 nitrogen and oxygen atoms in total. The smallest absolute Gasteiger partial charge is 0.253 e. The molecule has 1 aliphatic heterocycles. The van der Waals surface area contributed by atoms with Gasteiger partial charge in [-0.05, 0) is 43.5 Å². The lowest BCUT2D eigenvalue weighted by atomic mass is 10.2. The minimum Gasteiger partial charge on any atom is -0.368 e. The molecular weight excluding hydrogens is 330 g/mol. The van der Waals surface area contributed by atoms with Crippen LogP contribution in [0, 0.1) is 6.92 Å². The molecule has 1 amide bonds. The van der Waals surface area contributed by atoms with Crippen LogP contribution in [0.5, 0.6) is 0 Å². The van der Waals surface area contributed by atoms with E-state index in [1.807, 2.05) is 48.0 Å². The Kier molecular flexibility index (Phi) is 4.53. The van der Waals surface area contributed by atoms with Crippen LogP contribution in [0.4, 0.5) is 11.5 Å². The second-order valence-corrected chi connectivity index (χ2v) is 6.44. The quantitative estimate of drug-likeness (QED) is 0.739. The van der Waals surface area contributed by atoms with Gasteiger partial charge in [0.25, 0.3) is 5.91 Å². The number of carbonyl (C=O) groups is 1. The summed E-state index contributed by atoms with van der Waals surface area (Å²) in [6, 6.07) is 9.78. The van der Waals surface area contributed by atoms with Gasteiger partial charge in [-0.1, -0.05) is 12.1 Å². The van der Waals surface area contributed by atoms with Gasteiger partial charge in [0.15, 0.2) is 5.82 Å². The molecule has 1 fully saturated rings. The number of benzene rings is 1. The molecule has 4 rings (SSSR count). The lowest BCUT2D eigenvalue weighted by Crippen LogP contribution is -2.26. The monoisotopic (exact) mass is 351 g/mol. The normalized spacial score (nSPS) is 16.7. The van der Waals surface area contributed by atoms with Crippen molar-refractivity contribution in [3.63, 3.8) is 0 Å². The number of aryl methyl sites for hydroxylation is 1. The molecule has 1 aliphatic rings. The van der Waals surface area contributed by atoms with Crippen molar-refractivity contribution < 1.29 is 9.53 Å². The van der Waals surface area contributed by atoms with E-state index in [1.165, 1.54) is 0 Å². The van der Waals surface area contributed by atoms with E-state index in [0.717, 1.165) is 41.1 Å². The number of hydrogen-bond acceptors (Lipinski definition) is 5. The third-order valence-corrected chi connectivity index (χ3v) is 4.39. The molecule has 3 heterocycles. The molecule has 1 aromatic carbocycles. The van der Waals surface area contributed by atoms with Crippen LogP contribution in [0.15, 0.2) is 42.7 Å². The fourth-order valence-electron chi connectivity index (χ4n) is 3.13. The molecule has 26 heavy (non-hydrogen) atoms. The van der Waals surface area contributed by atoms with Crippen LogP contribution in [0.3, 0.4) is 0 Å². The van der Waals surface area contributed by atoms with Gasteiger partial charge in [0.2, 0.25) is 0 Å². The number of aromatic nitrogens is 3. The van der Waals surface area contributed by atoms with E-state index in [0.29, 0.717) is 13.2 Å². The first-order valence-electron chi connectivity index (χ1n) is 8.75. The third-order valence-electron chi connectivity index (χ3n) is 4.39. The van der Waals surface area contributed by atoms with Crippen LogP contribution in [-0.2, 0) is 16.1 Å².